The summed E-state index contributed by atoms with van der Waals surface area (Å²) in [7, 11) is 0. The second kappa shape index (κ2) is 7.28. The van der Waals surface area contributed by atoms with E-state index in [2.05, 4.69) is 16.0 Å². The summed E-state index contributed by atoms with van der Waals surface area (Å²) in [5.74, 6) is -0.979. The number of amides is 3. The van der Waals surface area contributed by atoms with Crippen molar-refractivity contribution < 1.29 is 19.5 Å². The summed E-state index contributed by atoms with van der Waals surface area (Å²) in [4.78, 5) is 34.2. The molecule has 0 radical (unpaired) electrons. The largest absolute Gasteiger partial charge is 0.480 e. The van der Waals surface area contributed by atoms with Crippen molar-refractivity contribution in [1.82, 2.24) is 16.0 Å². The third kappa shape index (κ3) is 4.61. The molecular formula is C14H23N3O4. The molecule has 1 heterocycles. The van der Waals surface area contributed by atoms with Crippen molar-refractivity contribution >= 4 is 17.9 Å². The van der Waals surface area contributed by atoms with Crippen LogP contribution in [0.5, 0.6) is 0 Å². The standard InChI is InChI=1S/C14H23N3O4/c18-11-7-6-10(16-11)8-15-14(21)17-12(13(19)20)9-4-2-1-3-5-9/h9-10,12H,1-8H2,(H,16,18)(H,19,20)(H2,15,17,21). The summed E-state index contributed by atoms with van der Waals surface area (Å²) in [6.45, 7) is 0.328. The highest BCUT2D eigenvalue weighted by Crippen LogP contribution is 2.26. The van der Waals surface area contributed by atoms with Gasteiger partial charge in [-0.3, -0.25) is 4.79 Å². The number of aliphatic carboxylic acids is 1. The second-order valence-corrected chi connectivity index (χ2v) is 5.87. The maximum Gasteiger partial charge on any atom is 0.326 e. The molecule has 1 aliphatic heterocycles. The second-order valence-electron chi connectivity index (χ2n) is 5.87. The van der Waals surface area contributed by atoms with Gasteiger partial charge < -0.3 is 21.1 Å². The van der Waals surface area contributed by atoms with E-state index in [4.69, 9.17) is 0 Å². The van der Waals surface area contributed by atoms with Gasteiger partial charge in [0.15, 0.2) is 0 Å². The molecule has 2 rings (SSSR count). The van der Waals surface area contributed by atoms with Crippen LogP contribution < -0.4 is 16.0 Å². The molecule has 0 bridgehead atoms. The van der Waals surface area contributed by atoms with E-state index in [1.807, 2.05) is 0 Å². The summed E-state index contributed by atoms with van der Waals surface area (Å²) >= 11 is 0. The van der Waals surface area contributed by atoms with Gasteiger partial charge in [0, 0.05) is 19.0 Å². The van der Waals surface area contributed by atoms with Crippen LogP contribution in [0, 0.1) is 5.92 Å². The lowest BCUT2D eigenvalue weighted by atomic mass is 9.84. The fraction of sp³-hybridized carbons (Fsp3) is 0.786. The molecule has 118 valence electrons. The number of nitrogens with one attached hydrogen (secondary N) is 3. The van der Waals surface area contributed by atoms with Gasteiger partial charge in [-0.15, -0.1) is 0 Å². The molecule has 2 unspecified atom stereocenters. The summed E-state index contributed by atoms with van der Waals surface area (Å²) in [5.41, 5.74) is 0. The summed E-state index contributed by atoms with van der Waals surface area (Å²) in [6.07, 6.45) is 6.04. The van der Waals surface area contributed by atoms with Crippen molar-refractivity contribution in [2.24, 2.45) is 5.92 Å². The number of hydrogen-bond acceptors (Lipinski definition) is 3. The fourth-order valence-corrected chi connectivity index (χ4v) is 3.09. The SMILES string of the molecule is O=C1CCC(CNC(=O)NC(C(=O)O)C2CCCCC2)N1. The highest BCUT2D eigenvalue weighted by atomic mass is 16.4. The first-order valence-corrected chi connectivity index (χ1v) is 7.63. The molecule has 1 aliphatic carbocycles. The zero-order valence-electron chi connectivity index (χ0n) is 12.1. The number of rotatable bonds is 5. The number of carboxylic acid groups (broad SMARTS) is 1. The predicted octanol–water partition coefficient (Wildman–Crippen LogP) is 0.598. The van der Waals surface area contributed by atoms with Gasteiger partial charge in [-0.2, -0.15) is 0 Å². The van der Waals surface area contributed by atoms with Gasteiger partial charge in [-0.1, -0.05) is 19.3 Å². The molecule has 21 heavy (non-hydrogen) atoms. The molecule has 0 spiro atoms. The van der Waals surface area contributed by atoms with Crippen LogP contribution in [-0.4, -0.2) is 41.6 Å². The van der Waals surface area contributed by atoms with Crippen LogP contribution in [0.15, 0.2) is 0 Å². The first kappa shape index (κ1) is 15.6. The molecule has 7 heteroatoms. The number of carbonyl (C=O) groups excluding carboxylic acids is 2. The Labute approximate surface area is 123 Å². The Balaban J connectivity index is 1.77. The zero-order chi connectivity index (χ0) is 15.2. The van der Waals surface area contributed by atoms with E-state index in [-0.39, 0.29) is 17.9 Å². The number of urea groups is 1. The molecule has 2 aliphatic rings. The summed E-state index contributed by atoms with van der Waals surface area (Å²) < 4.78 is 0. The fourth-order valence-electron chi connectivity index (χ4n) is 3.09. The van der Waals surface area contributed by atoms with E-state index in [9.17, 15) is 19.5 Å². The lowest BCUT2D eigenvalue weighted by molar-refractivity contribution is -0.141. The Morgan fingerprint density at radius 1 is 1.24 bits per heavy atom. The lowest BCUT2D eigenvalue weighted by Gasteiger charge is -2.28. The molecule has 3 amide bonds. The first-order chi connectivity index (χ1) is 10.1. The van der Waals surface area contributed by atoms with Gasteiger partial charge in [0.25, 0.3) is 0 Å². The van der Waals surface area contributed by atoms with Crippen LogP contribution in [0.25, 0.3) is 0 Å². The third-order valence-electron chi connectivity index (χ3n) is 4.27. The van der Waals surface area contributed by atoms with E-state index in [0.717, 1.165) is 32.1 Å². The number of hydrogen-bond donors (Lipinski definition) is 4. The number of carbonyl (C=O) groups is 3. The van der Waals surface area contributed by atoms with Crippen LogP contribution >= 0.6 is 0 Å². The molecule has 1 saturated heterocycles. The summed E-state index contributed by atoms with van der Waals surface area (Å²) in [5, 5.41) is 17.2. The van der Waals surface area contributed by atoms with Gasteiger partial charge in [0.2, 0.25) is 5.91 Å². The van der Waals surface area contributed by atoms with Crippen molar-refractivity contribution in [3.8, 4) is 0 Å². The van der Waals surface area contributed by atoms with E-state index in [0.29, 0.717) is 19.4 Å². The maximum atomic E-state index is 11.8. The highest BCUT2D eigenvalue weighted by molar-refractivity contribution is 5.83. The quantitative estimate of drug-likeness (QED) is 0.596. The molecule has 7 nitrogen and oxygen atoms in total. The average molecular weight is 297 g/mol. The molecular weight excluding hydrogens is 274 g/mol. The van der Waals surface area contributed by atoms with Crippen molar-refractivity contribution in [1.29, 1.82) is 0 Å². The average Bonchev–Trinajstić information content (AvgIpc) is 2.89. The van der Waals surface area contributed by atoms with Crippen molar-refractivity contribution in [3.63, 3.8) is 0 Å². The lowest BCUT2D eigenvalue weighted by Crippen LogP contribution is -2.51. The molecule has 2 atom stereocenters. The van der Waals surface area contributed by atoms with Gasteiger partial charge in [-0.25, -0.2) is 9.59 Å². The van der Waals surface area contributed by atoms with E-state index in [1.54, 1.807) is 0 Å². The van der Waals surface area contributed by atoms with E-state index < -0.39 is 18.0 Å². The Kier molecular flexibility index (Phi) is 5.41. The minimum absolute atomic E-state index is 0.00664. The van der Waals surface area contributed by atoms with Crippen LogP contribution in [0.1, 0.15) is 44.9 Å². The van der Waals surface area contributed by atoms with Crippen molar-refractivity contribution in [2.75, 3.05) is 6.54 Å². The predicted molar refractivity (Wildman–Crippen MR) is 75.7 cm³/mol. The Morgan fingerprint density at radius 3 is 2.52 bits per heavy atom. The Bertz CT molecular complexity index is 407. The molecule has 0 aromatic carbocycles. The van der Waals surface area contributed by atoms with Gasteiger partial charge in [-0.05, 0) is 25.2 Å². The molecule has 4 N–H and O–H groups in total. The molecule has 0 aromatic heterocycles. The smallest absolute Gasteiger partial charge is 0.326 e. The molecule has 1 saturated carbocycles. The first-order valence-electron chi connectivity index (χ1n) is 7.63. The van der Waals surface area contributed by atoms with Gasteiger partial charge >= 0.3 is 12.0 Å². The zero-order valence-corrected chi connectivity index (χ0v) is 12.1. The highest BCUT2D eigenvalue weighted by Gasteiger charge is 2.31. The monoisotopic (exact) mass is 297 g/mol. The summed E-state index contributed by atoms with van der Waals surface area (Å²) in [6, 6.07) is -1.36. The Morgan fingerprint density at radius 2 is 1.95 bits per heavy atom. The van der Waals surface area contributed by atoms with E-state index in [1.165, 1.54) is 0 Å². The number of carboxylic acids is 1. The van der Waals surface area contributed by atoms with Gasteiger partial charge in [0.05, 0.1) is 0 Å². The molecule has 0 aromatic rings. The van der Waals surface area contributed by atoms with Crippen LogP contribution in [0.2, 0.25) is 0 Å². The maximum absolute atomic E-state index is 11.8. The van der Waals surface area contributed by atoms with Crippen LogP contribution in [0.4, 0.5) is 4.79 Å². The third-order valence-corrected chi connectivity index (χ3v) is 4.27. The van der Waals surface area contributed by atoms with Crippen molar-refractivity contribution in [3.05, 3.63) is 0 Å². The normalized spacial score (nSPS) is 24.2. The minimum Gasteiger partial charge on any atom is -0.480 e. The van der Waals surface area contributed by atoms with Crippen LogP contribution in [0.3, 0.4) is 0 Å². The van der Waals surface area contributed by atoms with Gasteiger partial charge in [0.1, 0.15) is 6.04 Å². The topological polar surface area (TPSA) is 108 Å². The molecule has 2 fully saturated rings. The Hall–Kier alpha value is -1.79. The minimum atomic E-state index is -0.980. The van der Waals surface area contributed by atoms with Crippen molar-refractivity contribution in [2.45, 2.75) is 57.0 Å². The van der Waals surface area contributed by atoms with E-state index >= 15 is 0 Å². The van der Waals surface area contributed by atoms with Crippen LogP contribution in [-0.2, 0) is 9.59 Å².